The van der Waals surface area contributed by atoms with E-state index in [1.807, 2.05) is 6.07 Å². The van der Waals surface area contributed by atoms with Crippen LogP contribution in [-0.4, -0.2) is 70.4 Å². The van der Waals surface area contributed by atoms with E-state index in [1.54, 1.807) is 24.3 Å². The maximum Gasteiger partial charge on any atom is 0.296 e. The molecule has 4 heterocycles. The number of anilines is 1. The molecule has 10 nitrogen and oxygen atoms in total. The molecule has 1 amide bonds. The SMILES string of the molecule is NCC(=O)N[C@@H]1CCCC[C@]12C[C@@H]2C1NC1c1nc(N2CCOCC2)cc(-n2c(C(F)F)nc3ccccc32)n1. The van der Waals surface area contributed by atoms with Crippen LogP contribution in [0.2, 0.25) is 0 Å². The summed E-state index contributed by atoms with van der Waals surface area (Å²) in [7, 11) is 0. The number of morpholine rings is 1. The average Bonchev–Trinajstić information content (AvgIpc) is 3.88. The van der Waals surface area contributed by atoms with E-state index in [9.17, 15) is 13.6 Å². The predicted molar refractivity (Wildman–Crippen MR) is 144 cm³/mol. The Morgan fingerprint density at radius 1 is 1.18 bits per heavy atom. The average molecular weight is 553 g/mol. The number of carbonyl (C=O) groups excluding carboxylic acids is 1. The molecule has 2 aromatic heterocycles. The number of ether oxygens (including phenoxy) is 1. The highest BCUT2D eigenvalue weighted by atomic mass is 19.3. The number of alkyl halides is 2. The number of halogens is 2. The van der Waals surface area contributed by atoms with Crippen LogP contribution in [0.15, 0.2) is 30.3 Å². The van der Waals surface area contributed by atoms with E-state index in [1.165, 1.54) is 4.57 Å². The van der Waals surface area contributed by atoms with E-state index in [4.69, 9.17) is 20.4 Å². The van der Waals surface area contributed by atoms with Crippen molar-refractivity contribution in [3.8, 4) is 5.82 Å². The summed E-state index contributed by atoms with van der Waals surface area (Å²) in [5, 5.41) is 6.78. The van der Waals surface area contributed by atoms with Gasteiger partial charge in [-0.1, -0.05) is 25.0 Å². The van der Waals surface area contributed by atoms with Crippen molar-refractivity contribution in [2.75, 3.05) is 37.7 Å². The second-order valence-corrected chi connectivity index (χ2v) is 11.4. The van der Waals surface area contributed by atoms with Gasteiger partial charge in [0.1, 0.15) is 11.6 Å². The lowest BCUT2D eigenvalue weighted by Gasteiger charge is -2.33. The second kappa shape index (κ2) is 10.0. The Kier molecular flexibility index (Phi) is 6.43. The third kappa shape index (κ3) is 4.42. The van der Waals surface area contributed by atoms with Crippen molar-refractivity contribution < 1.29 is 18.3 Å². The standard InChI is InChI=1S/C28H34F2N8O2/c29-25(30)27-32-17-5-1-2-6-18(17)38(27)21-13-20(37-9-11-40-12-10-37)34-26(35-21)24-23(36-24)16-14-28(16)8-4-3-7-19(28)33-22(39)15-31/h1-2,5-6,13,16,19,23-25,36H,3-4,7-12,14-15,31H2,(H,33,39)/t16-,19-,23?,24?,28-/m1/s1. The lowest BCUT2D eigenvalue weighted by Crippen LogP contribution is -2.46. The smallest absolute Gasteiger partial charge is 0.296 e. The van der Waals surface area contributed by atoms with Crippen LogP contribution in [0.25, 0.3) is 16.9 Å². The Morgan fingerprint density at radius 3 is 2.77 bits per heavy atom. The van der Waals surface area contributed by atoms with Crippen LogP contribution in [0.4, 0.5) is 14.6 Å². The fraction of sp³-hybridized carbons (Fsp3) is 0.571. The van der Waals surface area contributed by atoms with Gasteiger partial charge in [-0.05, 0) is 42.7 Å². The molecule has 2 saturated carbocycles. The molecule has 2 saturated heterocycles. The molecule has 1 spiro atoms. The molecule has 5 atom stereocenters. The van der Waals surface area contributed by atoms with Crippen molar-refractivity contribution >= 4 is 22.8 Å². The molecule has 4 aliphatic rings. The topological polar surface area (TPSA) is 133 Å². The molecule has 0 radical (unpaired) electrons. The number of carbonyl (C=O) groups is 1. The highest BCUT2D eigenvalue weighted by Gasteiger charge is 2.67. The van der Waals surface area contributed by atoms with Crippen molar-refractivity contribution in [2.45, 2.75) is 56.7 Å². The van der Waals surface area contributed by atoms with Gasteiger partial charge in [-0.2, -0.15) is 0 Å². The van der Waals surface area contributed by atoms with Crippen molar-refractivity contribution in [2.24, 2.45) is 17.1 Å². The maximum absolute atomic E-state index is 14.2. The van der Waals surface area contributed by atoms with E-state index in [0.29, 0.717) is 60.7 Å². The van der Waals surface area contributed by atoms with Crippen molar-refractivity contribution in [3.05, 3.63) is 42.0 Å². The minimum Gasteiger partial charge on any atom is -0.378 e. The van der Waals surface area contributed by atoms with Gasteiger partial charge in [0.2, 0.25) is 5.91 Å². The number of nitrogens with one attached hydrogen (secondary N) is 2. The van der Waals surface area contributed by atoms with Crippen LogP contribution >= 0.6 is 0 Å². The number of rotatable bonds is 7. The molecule has 2 aliphatic carbocycles. The molecule has 0 bridgehead atoms. The summed E-state index contributed by atoms with van der Waals surface area (Å²) >= 11 is 0. The number of nitrogens with two attached hydrogens (primary N) is 1. The van der Waals surface area contributed by atoms with E-state index >= 15 is 0 Å². The minimum atomic E-state index is -2.76. The Hall–Kier alpha value is -3.22. The zero-order chi connectivity index (χ0) is 27.4. The molecule has 2 aliphatic heterocycles. The normalized spacial score (nSPS) is 29.8. The summed E-state index contributed by atoms with van der Waals surface area (Å²) in [5.41, 5.74) is 6.74. The third-order valence-corrected chi connectivity index (χ3v) is 9.17. The fourth-order valence-corrected chi connectivity index (χ4v) is 7.07. The molecular weight excluding hydrogens is 518 g/mol. The number of aromatic nitrogens is 4. The first-order chi connectivity index (χ1) is 19.5. The van der Waals surface area contributed by atoms with Crippen LogP contribution in [0.5, 0.6) is 0 Å². The van der Waals surface area contributed by atoms with Gasteiger partial charge >= 0.3 is 0 Å². The van der Waals surface area contributed by atoms with Gasteiger partial charge in [0, 0.05) is 31.2 Å². The van der Waals surface area contributed by atoms with Gasteiger partial charge in [-0.3, -0.25) is 9.36 Å². The fourth-order valence-electron chi connectivity index (χ4n) is 7.07. The Bertz CT molecular complexity index is 1430. The number of hydrogen-bond acceptors (Lipinski definition) is 8. The first-order valence-corrected chi connectivity index (χ1v) is 14.2. The summed E-state index contributed by atoms with van der Waals surface area (Å²) < 4.78 is 35.4. The molecule has 7 rings (SSSR count). The predicted octanol–water partition coefficient (Wildman–Crippen LogP) is 2.63. The largest absolute Gasteiger partial charge is 0.378 e. The first kappa shape index (κ1) is 25.7. The second-order valence-electron chi connectivity index (χ2n) is 11.4. The third-order valence-electron chi connectivity index (χ3n) is 9.17. The summed E-state index contributed by atoms with van der Waals surface area (Å²) in [6, 6.07) is 9.14. The van der Waals surface area contributed by atoms with Gasteiger partial charge in [0.05, 0.1) is 36.8 Å². The number of imidazole rings is 1. The van der Waals surface area contributed by atoms with Crippen LogP contribution in [0.1, 0.15) is 56.2 Å². The summed E-state index contributed by atoms with van der Waals surface area (Å²) in [6.45, 7) is 2.48. The number of hydrogen-bond donors (Lipinski definition) is 3. The zero-order valence-electron chi connectivity index (χ0n) is 22.2. The van der Waals surface area contributed by atoms with Crippen molar-refractivity contribution in [1.29, 1.82) is 0 Å². The van der Waals surface area contributed by atoms with Crippen molar-refractivity contribution in [1.82, 2.24) is 30.2 Å². The number of nitrogens with zero attached hydrogens (tertiary/aromatic N) is 5. The molecule has 40 heavy (non-hydrogen) atoms. The summed E-state index contributed by atoms with van der Waals surface area (Å²) in [4.78, 5) is 28.3. The molecule has 2 unspecified atom stereocenters. The lowest BCUT2D eigenvalue weighted by molar-refractivity contribution is -0.121. The molecule has 212 valence electrons. The summed E-state index contributed by atoms with van der Waals surface area (Å²) in [5.74, 6) is 1.64. The molecule has 3 aromatic rings. The van der Waals surface area contributed by atoms with E-state index in [-0.39, 0.29) is 41.8 Å². The van der Waals surface area contributed by atoms with Gasteiger partial charge in [-0.15, -0.1) is 0 Å². The molecule has 4 N–H and O–H groups in total. The summed E-state index contributed by atoms with van der Waals surface area (Å²) in [6.07, 6.45) is 2.58. The highest BCUT2D eigenvalue weighted by Crippen LogP contribution is 2.66. The van der Waals surface area contributed by atoms with Gasteiger partial charge < -0.3 is 26.0 Å². The number of fused-ring (bicyclic) bond motifs is 1. The first-order valence-electron chi connectivity index (χ1n) is 14.2. The highest BCUT2D eigenvalue weighted by molar-refractivity contribution is 5.78. The maximum atomic E-state index is 14.2. The van der Waals surface area contributed by atoms with Crippen LogP contribution < -0.4 is 21.3 Å². The van der Waals surface area contributed by atoms with Gasteiger partial charge in [-0.25, -0.2) is 23.7 Å². The Balaban J connectivity index is 1.23. The van der Waals surface area contributed by atoms with Gasteiger partial charge in [0.15, 0.2) is 11.6 Å². The quantitative estimate of drug-likeness (QED) is 0.381. The van der Waals surface area contributed by atoms with Gasteiger partial charge in [0.25, 0.3) is 6.43 Å². The van der Waals surface area contributed by atoms with E-state index < -0.39 is 6.43 Å². The molecule has 4 fully saturated rings. The van der Waals surface area contributed by atoms with E-state index in [2.05, 4.69) is 20.5 Å². The lowest BCUT2D eigenvalue weighted by atomic mass is 9.79. The number of para-hydroxylation sites is 2. The number of amides is 1. The number of benzene rings is 1. The van der Waals surface area contributed by atoms with Crippen LogP contribution in [-0.2, 0) is 9.53 Å². The minimum absolute atomic E-state index is 0.00393. The Labute approximate surface area is 230 Å². The molecular formula is C28H34F2N8O2. The zero-order valence-corrected chi connectivity index (χ0v) is 22.2. The molecule has 1 aromatic carbocycles. The monoisotopic (exact) mass is 552 g/mol. The molecule has 12 heteroatoms. The van der Waals surface area contributed by atoms with Crippen LogP contribution in [0, 0.1) is 11.3 Å². The van der Waals surface area contributed by atoms with Crippen molar-refractivity contribution in [3.63, 3.8) is 0 Å². The Morgan fingerprint density at radius 2 is 1.98 bits per heavy atom. The van der Waals surface area contributed by atoms with E-state index in [0.717, 1.165) is 32.1 Å². The van der Waals surface area contributed by atoms with Crippen LogP contribution in [0.3, 0.4) is 0 Å².